The quantitative estimate of drug-likeness (QED) is 0.309. The van der Waals surface area contributed by atoms with Gasteiger partial charge in [-0.05, 0) is 73.0 Å². The topological polar surface area (TPSA) is 82.5 Å². The third kappa shape index (κ3) is 6.50. The molecule has 1 aliphatic heterocycles. The molecule has 0 radical (unpaired) electrons. The smallest absolute Gasteiger partial charge is 0.255 e. The minimum Gasteiger partial charge on any atom is -0.393 e. The van der Waals surface area contributed by atoms with Crippen molar-refractivity contribution in [2.24, 2.45) is 0 Å². The Morgan fingerprint density at radius 1 is 1.17 bits per heavy atom. The molecule has 0 unspecified atom stereocenters. The number of aliphatic hydroxyl groups excluding tert-OH is 1. The number of carbonyl (C=O) groups excluding carboxylic acids is 2. The fraction of sp³-hybridized carbons (Fsp3) is 0.321. The maximum Gasteiger partial charge on any atom is 0.255 e. The highest BCUT2D eigenvalue weighted by Gasteiger charge is 2.20. The highest BCUT2D eigenvalue weighted by atomic mass is 32.2. The van der Waals surface area contributed by atoms with Crippen LogP contribution in [0.2, 0.25) is 0 Å². The first-order chi connectivity index (χ1) is 17.1. The molecule has 1 aliphatic rings. The molecule has 6 nitrogen and oxygen atoms in total. The van der Waals surface area contributed by atoms with E-state index in [0.29, 0.717) is 22.5 Å². The number of amides is 1. The number of carbonyl (C=O) groups is 2. The van der Waals surface area contributed by atoms with Crippen molar-refractivity contribution in [3.63, 3.8) is 0 Å². The number of rotatable bonds is 9. The standard InChI is InChI=1S/C28H31N3O3S/c1-2-14-35-19-21-4-3-5-22(15-21)28(34)30-26-7-6-23(31-12-9-24(33)10-13-31)17-25(26)27-16-20(18-32)8-11-29-27/h3-8,11,15-18,24,33H,2,9-10,12-14,19H2,1H3,(H,30,34). The Morgan fingerprint density at radius 3 is 2.77 bits per heavy atom. The summed E-state index contributed by atoms with van der Waals surface area (Å²) in [7, 11) is 0. The molecule has 1 aromatic heterocycles. The van der Waals surface area contributed by atoms with Crippen LogP contribution < -0.4 is 10.2 Å². The molecule has 2 N–H and O–H groups in total. The molecule has 1 fully saturated rings. The number of hydrogen-bond donors (Lipinski definition) is 2. The lowest BCUT2D eigenvalue weighted by molar-refractivity contribution is 0.102. The van der Waals surface area contributed by atoms with E-state index in [1.54, 1.807) is 18.3 Å². The van der Waals surface area contributed by atoms with Crippen LogP contribution in [0.15, 0.2) is 60.8 Å². The van der Waals surface area contributed by atoms with Gasteiger partial charge in [0.15, 0.2) is 0 Å². The van der Waals surface area contributed by atoms with E-state index in [-0.39, 0.29) is 12.0 Å². The minimum absolute atomic E-state index is 0.186. The Labute approximate surface area is 210 Å². The predicted octanol–water partition coefficient (Wildman–Crippen LogP) is 5.42. The van der Waals surface area contributed by atoms with E-state index in [2.05, 4.69) is 22.1 Å². The number of thioether (sulfide) groups is 1. The zero-order valence-corrected chi connectivity index (χ0v) is 20.8. The van der Waals surface area contributed by atoms with E-state index in [0.717, 1.165) is 67.0 Å². The van der Waals surface area contributed by atoms with Crippen molar-refractivity contribution >= 4 is 35.3 Å². The number of nitrogens with zero attached hydrogens (tertiary/aromatic N) is 2. The van der Waals surface area contributed by atoms with Crippen LogP contribution >= 0.6 is 11.8 Å². The van der Waals surface area contributed by atoms with Crippen molar-refractivity contribution in [1.82, 2.24) is 4.98 Å². The third-order valence-electron chi connectivity index (χ3n) is 6.08. The van der Waals surface area contributed by atoms with Gasteiger partial charge in [0.2, 0.25) is 0 Å². The van der Waals surface area contributed by atoms with Crippen molar-refractivity contribution in [2.75, 3.05) is 29.1 Å². The van der Waals surface area contributed by atoms with Gasteiger partial charge in [0, 0.05) is 47.4 Å². The van der Waals surface area contributed by atoms with Gasteiger partial charge in [0.05, 0.1) is 17.5 Å². The molecule has 0 atom stereocenters. The number of anilines is 2. The van der Waals surface area contributed by atoms with E-state index < -0.39 is 0 Å². The summed E-state index contributed by atoms with van der Waals surface area (Å²) in [5.41, 5.74) is 5.26. The Balaban J connectivity index is 1.62. The summed E-state index contributed by atoms with van der Waals surface area (Å²) in [4.78, 5) is 31.3. The molecule has 0 aliphatic carbocycles. The van der Waals surface area contributed by atoms with Crippen LogP contribution in [-0.4, -0.2) is 47.2 Å². The molecule has 7 heteroatoms. The highest BCUT2D eigenvalue weighted by molar-refractivity contribution is 7.98. The monoisotopic (exact) mass is 489 g/mol. The molecule has 0 spiro atoms. The van der Waals surface area contributed by atoms with Gasteiger partial charge in [-0.15, -0.1) is 0 Å². The van der Waals surface area contributed by atoms with Crippen molar-refractivity contribution in [2.45, 2.75) is 38.0 Å². The Kier molecular flexibility index (Phi) is 8.55. The highest BCUT2D eigenvalue weighted by Crippen LogP contribution is 2.33. The molecular weight excluding hydrogens is 458 g/mol. The van der Waals surface area contributed by atoms with E-state index >= 15 is 0 Å². The summed E-state index contributed by atoms with van der Waals surface area (Å²) in [6, 6.07) is 17.0. The molecule has 2 aromatic carbocycles. The second kappa shape index (κ2) is 12.0. The van der Waals surface area contributed by atoms with Gasteiger partial charge in [-0.3, -0.25) is 14.6 Å². The van der Waals surface area contributed by atoms with Crippen LogP contribution in [0.25, 0.3) is 11.3 Å². The third-order valence-corrected chi connectivity index (χ3v) is 7.32. The van der Waals surface area contributed by atoms with Crippen LogP contribution in [0.5, 0.6) is 0 Å². The van der Waals surface area contributed by atoms with Crippen molar-refractivity contribution < 1.29 is 14.7 Å². The Morgan fingerprint density at radius 2 is 2.00 bits per heavy atom. The van der Waals surface area contributed by atoms with E-state index in [1.807, 2.05) is 54.2 Å². The van der Waals surface area contributed by atoms with Crippen LogP contribution in [0.3, 0.4) is 0 Å². The van der Waals surface area contributed by atoms with Crippen molar-refractivity contribution in [3.8, 4) is 11.3 Å². The maximum absolute atomic E-state index is 13.2. The lowest BCUT2D eigenvalue weighted by Gasteiger charge is -2.32. The number of piperidine rings is 1. The summed E-state index contributed by atoms with van der Waals surface area (Å²) in [5, 5.41) is 12.9. The average Bonchev–Trinajstić information content (AvgIpc) is 2.90. The maximum atomic E-state index is 13.2. The van der Waals surface area contributed by atoms with Crippen molar-refractivity contribution in [1.29, 1.82) is 0 Å². The molecule has 0 saturated carbocycles. The zero-order chi connectivity index (χ0) is 24.6. The summed E-state index contributed by atoms with van der Waals surface area (Å²) in [6.45, 7) is 3.68. The molecule has 1 saturated heterocycles. The molecule has 4 rings (SSSR count). The van der Waals surface area contributed by atoms with Gasteiger partial charge >= 0.3 is 0 Å². The number of aliphatic hydroxyl groups is 1. The molecule has 0 bridgehead atoms. The molecule has 35 heavy (non-hydrogen) atoms. The fourth-order valence-electron chi connectivity index (χ4n) is 4.17. The Hall–Kier alpha value is -3.16. The number of benzene rings is 2. The van der Waals surface area contributed by atoms with Gasteiger partial charge in [0.25, 0.3) is 5.91 Å². The Bertz CT molecular complexity index is 1180. The van der Waals surface area contributed by atoms with Gasteiger partial charge in [0.1, 0.15) is 6.29 Å². The van der Waals surface area contributed by atoms with Crippen LogP contribution in [-0.2, 0) is 5.75 Å². The first kappa shape index (κ1) is 24.9. The number of pyridine rings is 1. The summed E-state index contributed by atoms with van der Waals surface area (Å²) in [5.74, 6) is 1.78. The van der Waals surface area contributed by atoms with Gasteiger partial charge in [-0.2, -0.15) is 11.8 Å². The molecular formula is C28H31N3O3S. The van der Waals surface area contributed by atoms with Gasteiger partial charge in [-0.1, -0.05) is 19.1 Å². The van der Waals surface area contributed by atoms with Crippen molar-refractivity contribution in [3.05, 3.63) is 77.5 Å². The summed E-state index contributed by atoms with van der Waals surface area (Å²) in [6.07, 6.45) is 4.71. The lowest BCUT2D eigenvalue weighted by atomic mass is 10.0. The zero-order valence-electron chi connectivity index (χ0n) is 19.9. The van der Waals surface area contributed by atoms with E-state index in [4.69, 9.17) is 0 Å². The number of nitrogens with one attached hydrogen (secondary N) is 1. The van der Waals surface area contributed by atoms with Crippen LogP contribution in [0.1, 0.15) is 52.5 Å². The fourth-order valence-corrected chi connectivity index (χ4v) is 5.02. The first-order valence-corrected chi connectivity index (χ1v) is 13.2. The predicted molar refractivity (Wildman–Crippen MR) is 143 cm³/mol. The van der Waals surface area contributed by atoms with Gasteiger partial charge < -0.3 is 15.3 Å². The largest absolute Gasteiger partial charge is 0.393 e. The van der Waals surface area contributed by atoms with Crippen LogP contribution in [0, 0.1) is 0 Å². The van der Waals surface area contributed by atoms with E-state index in [9.17, 15) is 14.7 Å². The van der Waals surface area contributed by atoms with E-state index in [1.165, 1.54) is 0 Å². The lowest BCUT2D eigenvalue weighted by Crippen LogP contribution is -2.35. The van der Waals surface area contributed by atoms with Crippen LogP contribution in [0.4, 0.5) is 11.4 Å². The number of hydrogen-bond acceptors (Lipinski definition) is 6. The normalized spacial score (nSPS) is 14.1. The second-order valence-corrected chi connectivity index (χ2v) is 9.85. The molecule has 2 heterocycles. The minimum atomic E-state index is -0.258. The average molecular weight is 490 g/mol. The molecule has 1 amide bonds. The molecule has 182 valence electrons. The molecule has 3 aromatic rings. The summed E-state index contributed by atoms with van der Waals surface area (Å²) < 4.78 is 0. The number of aromatic nitrogens is 1. The number of aldehydes is 1. The van der Waals surface area contributed by atoms with Gasteiger partial charge in [-0.25, -0.2) is 0 Å². The SMILES string of the molecule is CCCSCc1cccc(C(=O)Nc2ccc(N3CCC(O)CC3)cc2-c2cc(C=O)ccn2)c1. The second-order valence-electron chi connectivity index (χ2n) is 8.75. The summed E-state index contributed by atoms with van der Waals surface area (Å²) >= 11 is 1.86. The first-order valence-electron chi connectivity index (χ1n) is 12.0.